The summed E-state index contributed by atoms with van der Waals surface area (Å²) in [5.74, 6) is 2.20. The van der Waals surface area contributed by atoms with Crippen molar-refractivity contribution in [1.82, 2.24) is 0 Å². The van der Waals surface area contributed by atoms with E-state index < -0.39 is 6.10 Å². The van der Waals surface area contributed by atoms with Gasteiger partial charge in [-0.1, -0.05) is 40.0 Å². The Bertz CT molecular complexity index is 610. The van der Waals surface area contributed by atoms with Crippen LogP contribution in [-0.2, 0) is 5.41 Å². The Labute approximate surface area is 157 Å². The molecule has 3 rings (SSSR count). The monoisotopic (exact) mass is 362 g/mol. The third-order valence-corrected chi connectivity index (χ3v) is 6.03. The lowest BCUT2D eigenvalue weighted by molar-refractivity contribution is 0.0531. The van der Waals surface area contributed by atoms with E-state index >= 15 is 0 Å². The highest BCUT2D eigenvalue weighted by Crippen LogP contribution is 2.51. The highest BCUT2D eigenvalue weighted by atomic mass is 16.5. The fourth-order valence-electron chi connectivity index (χ4n) is 4.31. The van der Waals surface area contributed by atoms with Crippen molar-refractivity contribution in [3.63, 3.8) is 0 Å². The van der Waals surface area contributed by atoms with Crippen LogP contribution in [0.15, 0.2) is 12.1 Å². The largest absolute Gasteiger partial charge is 0.490 e. The minimum absolute atomic E-state index is 0.0515. The first-order valence-electron chi connectivity index (χ1n) is 10.2. The quantitative estimate of drug-likeness (QED) is 0.724. The standard InChI is InChI=1S/C22H34O4/c1-4-5-10-22(2,3)15-11-19(25-14-16(24)13-23)21-17-8-6-7-9-18(17)26-20(21)12-15/h11-12,16-18,23-24H,4-10,13-14H2,1-3H3. The molecule has 1 aliphatic heterocycles. The number of ether oxygens (including phenoxy) is 2. The van der Waals surface area contributed by atoms with E-state index in [-0.39, 0.29) is 24.7 Å². The van der Waals surface area contributed by atoms with E-state index in [2.05, 4.69) is 32.9 Å². The molecule has 0 amide bonds. The van der Waals surface area contributed by atoms with E-state index in [1.54, 1.807) is 0 Å². The summed E-state index contributed by atoms with van der Waals surface area (Å²) in [4.78, 5) is 0. The average molecular weight is 363 g/mol. The van der Waals surface area contributed by atoms with E-state index in [4.69, 9.17) is 14.6 Å². The van der Waals surface area contributed by atoms with Gasteiger partial charge >= 0.3 is 0 Å². The van der Waals surface area contributed by atoms with Crippen LogP contribution in [0, 0.1) is 0 Å². The highest BCUT2D eigenvalue weighted by molar-refractivity contribution is 5.54. The first-order chi connectivity index (χ1) is 12.5. The third kappa shape index (κ3) is 4.01. The summed E-state index contributed by atoms with van der Waals surface area (Å²) >= 11 is 0. The van der Waals surface area contributed by atoms with Crippen molar-refractivity contribution >= 4 is 0 Å². The summed E-state index contributed by atoms with van der Waals surface area (Å²) in [7, 11) is 0. The van der Waals surface area contributed by atoms with Crippen LogP contribution in [0.3, 0.4) is 0 Å². The Kier molecular flexibility index (Phi) is 6.13. The van der Waals surface area contributed by atoms with Gasteiger partial charge in [-0.05, 0) is 48.8 Å². The molecule has 0 radical (unpaired) electrons. The van der Waals surface area contributed by atoms with Crippen molar-refractivity contribution in [3.05, 3.63) is 23.3 Å². The minimum Gasteiger partial charge on any atom is -0.490 e. The molecule has 0 spiro atoms. The molecule has 146 valence electrons. The number of hydrogen-bond donors (Lipinski definition) is 2. The summed E-state index contributed by atoms with van der Waals surface area (Å²) < 4.78 is 12.3. The Hall–Kier alpha value is -1.26. The molecule has 1 heterocycles. The van der Waals surface area contributed by atoms with Gasteiger partial charge in [-0.3, -0.25) is 0 Å². The van der Waals surface area contributed by atoms with Gasteiger partial charge in [-0.15, -0.1) is 0 Å². The Morgan fingerprint density at radius 3 is 2.77 bits per heavy atom. The Morgan fingerprint density at radius 2 is 2.04 bits per heavy atom. The number of benzene rings is 1. The molecule has 3 unspecified atom stereocenters. The first-order valence-corrected chi connectivity index (χ1v) is 10.2. The topological polar surface area (TPSA) is 58.9 Å². The van der Waals surface area contributed by atoms with Gasteiger partial charge < -0.3 is 19.7 Å². The zero-order chi connectivity index (χ0) is 18.7. The van der Waals surface area contributed by atoms with Gasteiger partial charge in [-0.25, -0.2) is 0 Å². The van der Waals surface area contributed by atoms with Crippen molar-refractivity contribution in [2.75, 3.05) is 13.2 Å². The number of aliphatic hydroxyl groups is 2. The molecule has 3 atom stereocenters. The molecule has 1 fully saturated rings. The van der Waals surface area contributed by atoms with E-state index in [9.17, 15) is 5.11 Å². The molecule has 1 aliphatic carbocycles. The molecule has 1 aromatic carbocycles. The average Bonchev–Trinajstić information content (AvgIpc) is 3.02. The van der Waals surface area contributed by atoms with Crippen LogP contribution >= 0.6 is 0 Å². The molecular weight excluding hydrogens is 328 g/mol. The van der Waals surface area contributed by atoms with Crippen molar-refractivity contribution in [2.24, 2.45) is 0 Å². The normalized spacial score (nSPS) is 23.1. The number of unbranched alkanes of at least 4 members (excludes halogenated alkanes) is 1. The van der Waals surface area contributed by atoms with Gasteiger partial charge in [0.1, 0.15) is 30.3 Å². The lowest BCUT2D eigenvalue weighted by Crippen LogP contribution is -2.24. The molecule has 4 nitrogen and oxygen atoms in total. The maximum absolute atomic E-state index is 9.74. The molecule has 1 saturated carbocycles. The Balaban J connectivity index is 1.94. The maximum atomic E-state index is 9.74. The second kappa shape index (κ2) is 8.18. The number of rotatable bonds is 8. The fourth-order valence-corrected chi connectivity index (χ4v) is 4.31. The number of fused-ring (bicyclic) bond motifs is 3. The van der Waals surface area contributed by atoms with E-state index in [0.29, 0.717) is 5.92 Å². The van der Waals surface area contributed by atoms with Crippen molar-refractivity contribution in [3.8, 4) is 11.5 Å². The van der Waals surface area contributed by atoms with Crippen LogP contribution in [0.4, 0.5) is 0 Å². The molecule has 0 saturated heterocycles. The molecule has 1 aromatic rings. The van der Waals surface area contributed by atoms with Crippen molar-refractivity contribution in [2.45, 2.75) is 89.3 Å². The van der Waals surface area contributed by atoms with Gasteiger partial charge in [0.15, 0.2) is 0 Å². The molecule has 0 bridgehead atoms. The lowest BCUT2D eigenvalue weighted by atomic mass is 9.78. The van der Waals surface area contributed by atoms with Crippen LogP contribution in [0.25, 0.3) is 0 Å². The van der Waals surface area contributed by atoms with Gasteiger partial charge in [0.2, 0.25) is 0 Å². The summed E-state index contributed by atoms with van der Waals surface area (Å²) in [6, 6.07) is 4.37. The highest BCUT2D eigenvalue weighted by Gasteiger charge is 2.39. The molecule has 2 N–H and O–H groups in total. The van der Waals surface area contributed by atoms with Crippen LogP contribution in [0.1, 0.15) is 82.8 Å². The van der Waals surface area contributed by atoms with Gasteiger partial charge in [0.25, 0.3) is 0 Å². The van der Waals surface area contributed by atoms with Crippen LogP contribution in [0.2, 0.25) is 0 Å². The van der Waals surface area contributed by atoms with E-state index in [1.807, 2.05) is 0 Å². The smallest absolute Gasteiger partial charge is 0.127 e. The fraction of sp³-hybridized carbons (Fsp3) is 0.727. The zero-order valence-corrected chi connectivity index (χ0v) is 16.5. The summed E-state index contributed by atoms with van der Waals surface area (Å²) in [5.41, 5.74) is 2.46. The van der Waals surface area contributed by atoms with Gasteiger partial charge in [0, 0.05) is 11.5 Å². The van der Waals surface area contributed by atoms with E-state index in [1.165, 1.54) is 36.8 Å². The summed E-state index contributed by atoms with van der Waals surface area (Å²) in [6.07, 6.45) is 7.59. The van der Waals surface area contributed by atoms with Crippen LogP contribution < -0.4 is 9.47 Å². The van der Waals surface area contributed by atoms with E-state index in [0.717, 1.165) is 30.8 Å². The predicted octanol–water partition coefficient (Wildman–Crippen LogP) is 4.31. The second-order valence-corrected chi connectivity index (χ2v) is 8.57. The van der Waals surface area contributed by atoms with Crippen molar-refractivity contribution < 1.29 is 19.7 Å². The first kappa shape index (κ1) is 19.5. The third-order valence-electron chi connectivity index (χ3n) is 6.03. The second-order valence-electron chi connectivity index (χ2n) is 8.57. The molecule has 26 heavy (non-hydrogen) atoms. The molecule has 2 aliphatic rings. The molecule has 0 aromatic heterocycles. The zero-order valence-electron chi connectivity index (χ0n) is 16.5. The lowest BCUT2D eigenvalue weighted by Gasteiger charge is -2.27. The number of hydrogen-bond acceptors (Lipinski definition) is 4. The molecule has 4 heteroatoms. The SMILES string of the molecule is CCCCC(C)(C)c1cc(OCC(O)CO)c2c(c1)OC1CCCCC21. The summed E-state index contributed by atoms with van der Waals surface area (Å²) in [5, 5.41) is 18.9. The number of aliphatic hydroxyl groups excluding tert-OH is 2. The van der Waals surface area contributed by atoms with Gasteiger partial charge in [0.05, 0.1) is 6.61 Å². The van der Waals surface area contributed by atoms with Crippen molar-refractivity contribution in [1.29, 1.82) is 0 Å². The predicted molar refractivity (Wildman–Crippen MR) is 103 cm³/mol. The maximum Gasteiger partial charge on any atom is 0.127 e. The van der Waals surface area contributed by atoms with Crippen LogP contribution in [-0.4, -0.2) is 35.6 Å². The Morgan fingerprint density at radius 1 is 1.27 bits per heavy atom. The minimum atomic E-state index is -0.855. The summed E-state index contributed by atoms with van der Waals surface area (Å²) in [6.45, 7) is 6.60. The van der Waals surface area contributed by atoms with Crippen LogP contribution in [0.5, 0.6) is 11.5 Å². The molecular formula is C22H34O4. The van der Waals surface area contributed by atoms with Gasteiger partial charge in [-0.2, -0.15) is 0 Å².